The lowest BCUT2D eigenvalue weighted by molar-refractivity contribution is -0.115. The standard InChI is InChI=1S/C21H28F2N4O/c1-16(28)25-18-5-3-17(4-6-18)9-10-26-11-13-27(14-12-26)19-7-8-20(24-15-19)21(2,22)23/h7-9,15H,3-6,10-14H2,1-2H3. The van der Waals surface area contributed by atoms with Gasteiger partial charge in [0.05, 0.1) is 11.9 Å². The summed E-state index contributed by atoms with van der Waals surface area (Å²) < 4.78 is 26.6. The zero-order valence-electron chi connectivity index (χ0n) is 16.6. The lowest BCUT2D eigenvalue weighted by atomic mass is 9.93. The highest BCUT2D eigenvalue weighted by atomic mass is 19.3. The van der Waals surface area contributed by atoms with Crippen LogP contribution in [0, 0.1) is 0 Å². The van der Waals surface area contributed by atoms with E-state index in [0.717, 1.165) is 76.7 Å². The van der Waals surface area contributed by atoms with Gasteiger partial charge in [-0.1, -0.05) is 11.6 Å². The van der Waals surface area contributed by atoms with Crippen LogP contribution in [0.5, 0.6) is 0 Å². The Kier molecular flexibility index (Phi) is 6.54. The highest BCUT2D eigenvalue weighted by Gasteiger charge is 2.26. The Labute approximate surface area is 165 Å². The average Bonchev–Trinajstić information content (AvgIpc) is 2.67. The molecule has 0 unspecified atom stereocenters. The third-order valence-electron chi connectivity index (χ3n) is 5.36. The van der Waals surface area contributed by atoms with E-state index < -0.39 is 5.92 Å². The van der Waals surface area contributed by atoms with Crippen LogP contribution in [-0.2, 0) is 10.7 Å². The number of rotatable bonds is 4. The number of halogens is 2. The number of anilines is 1. The van der Waals surface area contributed by atoms with Crippen LogP contribution in [-0.4, -0.2) is 54.2 Å². The molecule has 5 nitrogen and oxygen atoms in total. The van der Waals surface area contributed by atoms with E-state index in [9.17, 15) is 13.6 Å². The van der Waals surface area contributed by atoms with Gasteiger partial charge in [-0.2, -0.15) is 8.78 Å². The molecule has 2 fully saturated rings. The van der Waals surface area contributed by atoms with E-state index in [-0.39, 0.29) is 11.6 Å². The Morgan fingerprint density at radius 1 is 1.18 bits per heavy atom. The van der Waals surface area contributed by atoms with Gasteiger partial charge in [0, 0.05) is 52.3 Å². The lowest BCUT2D eigenvalue weighted by Crippen LogP contribution is -2.46. The summed E-state index contributed by atoms with van der Waals surface area (Å²) in [6, 6.07) is 3.15. The predicted octanol–water partition coefficient (Wildman–Crippen LogP) is 3.80. The molecular formula is C21H28F2N4O. The SMILES string of the molecule is CC(=O)N=C1CCC(=CCN2CCN(c3ccc(C(C)(F)F)nc3)CC2)CC1. The van der Waals surface area contributed by atoms with E-state index in [1.807, 2.05) is 0 Å². The number of alkyl halides is 2. The van der Waals surface area contributed by atoms with Crippen LogP contribution >= 0.6 is 0 Å². The number of piperazine rings is 1. The molecule has 28 heavy (non-hydrogen) atoms. The number of aromatic nitrogens is 1. The molecule has 2 heterocycles. The van der Waals surface area contributed by atoms with Crippen molar-refractivity contribution in [3.05, 3.63) is 35.7 Å². The first kappa shape index (κ1) is 20.6. The quantitative estimate of drug-likeness (QED) is 0.734. The maximum atomic E-state index is 13.3. The Bertz CT molecular complexity index is 733. The molecule has 0 radical (unpaired) electrons. The lowest BCUT2D eigenvalue weighted by Gasteiger charge is -2.35. The van der Waals surface area contributed by atoms with Crippen molar-refractivity contribution in [1.82, 2.24) is 9.88 Å². The highest BCUT2D eigenvalue weighted by molar-refractivity contribution is 5.95. The van der Waals surface area contributed by atoms with Crippen molar-refractivity contribution in [2.45, 2.75) is 45.5 Å². The number of hydrogen-bond donors (Lipinski definition) is 0. The number of amides is 1. The molecule has 1 aliphatic heterocycles. The number of aliphatic imine (C=N–C) groups is 1. The second-order valence-electron chi connectivity index (χ2n) is 7.64. The zero-order chi connectivity index (χ0) is 20.1. The summed E-state index contributed by atoms with van der Waals surface area (Å²) in [6.07, 6.45) is 7.63. The van der Waals surface area contributed by atoms with E-state index in [1.165, 1.54) is 18.6 Å². The Morgan fingerprint density at radius 2 is 1.86 bits per heavy atom. The molecule has 1 aromatic rings. The van der Waals surface area contributed by atoms with E-state index in [2.05, 4.69) is 25.9 Å². The zero-order valence-corrected chi connectivity index (χ0v) is 16.6. The van der Waals surface area contributed by atoms with E-state index in [1.54, 1.807) is 12.3 Å². The van der Waals surface area contributed by atoms with Gasteiger partial charge in [-0.05, 0) is 37.8 Å². The first-order valence-corrected chi connectivity index (χ1v) is 9.88. The molecule has 0 atom stereocenters. The molecule has 0 spiro atoms. The summed E-state index contributed by atoms with van der Waals surface area (Å²) in [5.74, 6) is -3.00. The van der Waals surface area contributed by atoms with Gasteiger partial charge in [-0.3, -0.25) is 14.7 Å². The van der Waals surface area contributed by atoms with Crippen molar-refractivity contribution in [3.8, 4) is 0 Å². The van der Waals surface area contributed by atoms with Gasteiger partial charge in [0.15, 0.2) is 0 Å². The summed E-state index contributed by atoms with van der Waals surface area (Å²) in [6.45, 7) is 6.90. The topological polar surface area (TPSA) is 48.8 Å². The van der Waals surface area contributed by atoms with E-state index in [0.29, 0.717) is 0 Å². The van der Waals surface area contributed by atoms with Crippen LogP contribution in [0.4, 0.5) is 14.5 Å². The second kappa shape index (κ2) is 8.90. The third-order valence-corrected chi connectivity index (χ3v) is 5.36. The van der Waals surface area contributed by atoms with Gasteiger partial charge in [-0.25, -0.2) is 4.99 Å². The minimum Gasteiger partial charge on any atom is -0.368 e. The molecule has 1 aromatic heterocycles. The van der Waals surface area contributed by atoms with Crippen LogP contribution < -0.4 is 4.90 Å². The average molecular weight is 390 g/mol. The summed E-state index contributed by atoms with van der Waals surface area (Å²) >= 11 is 0. The van der Waals surface area contributed by atoms with Gasteiger partial charge >= 0.3 is 0 Å². The van der Waals surface area contributed by atoms with Crippen molar-refractivity contribution in [3.63, 3.8) is 0 Å². The van der Waals surface area contributed by atoms with Gasteiger partial charge in [-0.15, -0.1) is 0 Å². The number of nitrogens with zero attached hydrogens (tertiary/aromatic N) is 4. The molecule has 0 aromatic carbocycles. The number of carbonyl (C=O) groups excluding carboxylic acids is 1. The van der Waals surface area contributed by atoms with Crippen LogP contribution in [0.2, 0.25) is 0 Å². The fourth-order valence-electron chi connectivity index (χ4n) is 3.68. The summed E-state index contributed by atoms with van der Waals surface area (Å²) in [4.78, 5) is 23.7. The van der Waals surface area contributed by atoms with E-state index in [4.69, 9.17) is 0 Å². The molecule has 1 saturated carbocycles. The number of allylic oxidation sites excluding steroid dienone is 1. The Balaban J connectivity index is 1.45. The van der Waals surface area contributed by atoms with Crippen molar-refractivity contribution in [1.29, 1.82) is 0 Å². The van der Waals surface area contributed by atoms with Crippen LogP contribution in [0.15, 0.2) is 35.0 Å². The largest absolute Gasteiger partial charge is 0.368 e. The number of carbonyl (C=O) groups is 1. The maximum Gasteiger partial charge on any atom is 0.286 e. The minimum absolute atomic E-state index is 0.103. The van der Waals surface area contributed by atoms with Gasteiger partial charge < -0.3 is 4.90 Å². The van der Waals surface area contributed by atoms with Gasteiger partial charge in [0.25, 0.3) is 5.92 Å². The maximum absolute atomic E-state index is 13.3. The summed E-state index contributed by atoms with van der Waals surface area (Å²) in [5, 5.41) is 0. The highest BCUT2D eigenvalue weighted by Crippen LogP contribution is 2.27. The Morgan fingerprint density at radius 3 is 2.39 bits per heavy atom. The molecule has 0 bridgehead atoms. The molecule has 7 heteroatoms. The van der Waals surface area contributed by atoms with Crippen LogP contribution in [0.25, 0.3) is 0 Å². The van der Waals surface area contributed by atoms with Crippen molar-refractivity contribution < 1.29 is 13.6 Å². The molecule has 0 N–H and O–H groups in total. The minimum atomic E-state index is -2.90. The van der Waals surface area contributed by atoms with Gasteiger partial charge in [0.1, 0.15) is 5.69 Å². The monoisotopic (exact) mass is 390 g/mol. The van der Waals surface area contributed by atoms with E-state index >= 15 is 0 Å². The van der Waals surface area contributed by atoms with Crippen LogP contribution in [0.1, 0.15) is 45.2 Å². The third kappa shape index (κ3) is 5.67. The summed E-state index contributed by atoms with van der Waals surface area (Å²) in [7, 11) is 0. The molecule has 1 saturated heterocycles. The smallest absolute Gasteiger partial charge is 0.286 e. The molecular weight excluding hydrogens is 362 g/mol. The van der Waals surface area contributed by atoms with Gasteiger partial charge in [0.2, 0.25) is 5.91 Å². The van der Waals surface area contributed by atoms with Crippen molar-refractivity contribution in [2.75, 3.05) is 37.6 Å². The molecule has 3 rings (SSSR count). The second-order valence-corrected chi connectivity index (χ2v) is 7.64. The molecule has 1 aliphatic carbocycles. The summed E-state index contributed by atoms with van der Waals surface area (Å²) in [5.41, 5.74) is 3.19. The Hall–Kier alpha value is -2.15. The number of hydrogen-bond acceptors (Lipinski definition) is 4. The van der Waals surface area contributed by atoms with Crippen molar-refractivity contribution >= 4 is 17.3 Å². The normalized spacial score (nSPS) is 18.9. The first-order chi connectivity index (χ1) is 13.3. The predicted molar refractivity (Wildman–Crippen MR) is 107 cm³/mol. The van der Waals surface area contributed by atoms with Crippen LogP contribution in [0.3, 0.4) is 0 Å². The molecule has 152 valence electrons. The first-order valence-electron chi connectivity index (χ1n) is 9.88. The van der Waals surface area contributed by atoms with Crippen molar-refractivity contribution in [2.24, 2.45) is 4.99 Å². The fourth-order valence-corrected chi connectivity index (χ4v) is 3.68. The molecule has 2 aliphatic rings. The molecule has 1 amide bonds. The fraction of sp³-hybridized carbons (Fsp3) is 0.571. The number of pyridine rings is 1.